The van der Waals surface area contributed by atoms with Gasteiger partial charge in [0.2, 0.25) is 0 Å². The van der Waals surface area contributed by atoms with Gasteiger partial charge in [0.1, 0.15) is 5.75 Å². The third-order valence-corrected chi connectivity index (χ3v) is 4.48. The molecular weight excluding hydrogens is 330 g/mol. The number of aliphatic hydroxyl groups is 1. The van der Waals surface area contributed by atoms with E-state index in [1.807, 2.05) is 0 Å². The molecule has 0 bridgehead atoms. The van der Waals surface area contributed by atoms with Crippen LogP contribution in [0.25, 0.3) is 0 Å². The molecule has 1 heterocycles. The van der Waals surface area contributed by atoms with Crippen molar-refractivity contribution < 1.29 is 19.4 Å². The second-order valence-corrected chi connectivity index (χ2v) is 6.12. The summed E-state index contributed by atoms with van der Waals surface area (Å²) in [6.45, 7) is 0. The number of rotatable bonds is 4. The highest BCUT2D eigenvalue weighted by Gasteiger charge is 2.50. The smallest absolute Gasteiger partial charge is 0.263 e. The van der Waals surface area contributed by atoms with Crippen molar-refractivity contribution in [3.8, 4) is 5.75 Å². The van der Waals surface area contributed by atoms with E-state index in [9.17, 15) is 14.7 Å². The van der Waals surface area contributed by atoms with Crippen LogP contribution in [0.4, 0.5) is 5.69 Å². The Bertz CT molecular complexity index is 836. The van der Waals surface area contributed by atoms with Crippen molar-refractivity contribution in [1.82, 2.24) is 0 Å². The molecule has 124 valence electrons. The molecule has 2 aromatic carbocycles. The Morgan fingerprint density at radius 1 is 1.29 bits per heavy atom. The minimum Gasteiger partial charge on any atom is -0.496 e. The number of hydrogen-bond donors (Lipinski definition) is 1. The number of hydrogen-bond acceptors (Lipinski definition) is 4. The van der Waals surface area contributed by atoms with Crippen LogP contribution >= 0.6 is 11.6 Å². The maximum atomic E-state index is 12.7. The molecule has 1 aliphatic rings. The van der Waals surface area contributed by atoms with Crippen LogP contribution < -0.4 is 9.64 Å². The van der Waals surface area contributed by atoms with Crippen LogP contribution in [0, 0.1) is 0 Å². The minimum absolute atomic E-state index is 0.319. The van der Waals surface area contributed by atoms with Gasteiger partial charge >= 0.3 is 0 Å². The maximum absolute atomic E-state index is 12.7. The number of ketones is 1. The predicted octanol–water partition coefficient (Wildman–Crippen LogP) is 2.79. The Kier molecular flexibility index (Phi) is 4.07. The number of likely N-dealkylation sites (N-methyl/N-ethyl adjacent to an activating group) is 1. The third kappa shape index (κ3) is 2.46. The van der Waals surface area contributed by atoms with Gasteiger partial charge in [-0.3, -0.25) is 9.59 Å². The number of para-hydroxylation sites is 1. The summed E-state index contributed by atoms with van der Waals surface area (Å²) in [5.74, 6) is -0.538. The summed E-state index contributed by atoms with van der Waals surface area (Å²) >= 11 is 6.00. The summed E-state index contributed by atoms with van der Waals surface area (Å²) < 4.78 is 5.18. The SMILES string of the molecule is COc1ccccc1C(=O)CC1(O)C(=O)N(C)c2ccc(Cl)cc21. The molecule has 0 fully saturated rings. The van der Waals surface area contributed by atoms with Crippen LogP contribution in [0.2, 0.25) is 5.02 Å². The van der Waals surface area contributed by atoms with E-state index in [0.29, 0.717) is 27.6 Å². The summed E-state index contributed by atoms with van der Waals surface area (Å²) in [6.07, 6.45) is -0.385. The van der Waals surface area contributed by atoms with E-state index in [4.69, 9.17) is 16.3 Å². The second kappa shape index (κ2) is 5.92. The number of carbonyl (C=O) groups is 2. The van der Waals surface area contributed by atoms with Gasteiger partial charge in [0, 0.05) is 17.6 Å². The quantitative estimate of drug-likeness (QED) is 0.865. The van der Waals surface area contributed by atoms with E-state index in [1.54, 1.807) is 43.4 Å². The molecule has 1 unspecified atom stereocenters. The fraction of sp³-hybridized carbons (Fsp3) is 0.222. The zero-order valence-electron chi connectivity index (χ0n) is 13.2. The highest BCUT2D eigenvalue weighted by Crippen LogP contribution is 2.43. The van der Waals surface area contributed by atoms with E-state index in [-0.39, 0.29) is 12.2 Å². The van der Waals surface area contributed by atoms with Crippen molar-refractivity contribution >= 4 is 29.0 Å². The van der Waals surface area contributed by atoms with E-state index in [1.165, 1.54) is 18.1 Å². The van der Waals surface area contributed by atoms with E-state index in [0.717, 1.165) is 0 Å². The average Bonchev–Trinajstić information content (AvgIpc) is 2.76. The lowest BCUT2D eigenvalue weighted by molar-refractivity contribution is -0.135. The molecule has 1 amide bonds. The van der Waals surface area contributed by atoms with Gasteiger partial charge in [-0.25, -0.2) is 0 Å². The molecule has 6 heteroatoms. The number of Topliss-reactive ketones (excluding diaryl/α,β-unsaturated/α-hetero) is 1. The van der Waals surface area contributed by atoms with Crippen molar-refractivity contribution in [3.05, 3.63) is 58.6 Å². The normalized spacial score (nSPS) is 19.3. The molecule has 0 radical (unpaired) electrons. The van der Waals surface area contributed by atoms with Crippen LogP contribution in [0.15, 0.2) is 42.5 Å². The Morgan fingerprint density at radius 2 is 2.00 bits per heavy atom. The standard InChI is InChI=1S/C18H16ClNO4/c1-20-14-8-7-11(19)9-13(14)18(23,17(20)22)10-15(21)12-5-3-4-6-16(12)24-2/h3-9,23H,10H2,1-2H3. The Labute approximate surface area is 144 Å². The first-order valence-corrected chi connectivity index (χ1v) is 7.73. The average molecular weight is 346 g/mol. The second-order valence-electron chi connectivity index (χ2n) is 5.69. The van der Waals surface area contributed by atoms with Gasteiger partial charge < -0.3 is 14.7 Å². The molecule has 0 aromatic heterocycles. The Hall–Kier alpha value is -2.37. The largest absolute Gasteiger partial charge is 0.496 e. The monoisotopic (exact) mass is 345 g/mol. The lowest BCUT2D eigenvalue weighted by Crippen LogP contribution is -2.40. The summed E-state index contributed by atoms with van der Waals surface area (Å²) in [4.78, 5) is 26.6. The lowest BCUT2D eigenvalue weighted by Gasteiger charge is -2.21. The molecule has 3 rings (SSSR count). The van der Waals surface area contributed by atoms with E-state index >= 15 is 0 Å². The number of methoxy groups -OCH3 is 1. The minimum atomic E-state index is -1.94. The van der Waals surface area contributed by atoms with Crippen molar-refractivity contribution in [3.63, 3.8) is 0 Å². The highest BCUT2D eigenvalue weighted by molar-refractivity contribution is 6.31. The number of carbonyl (C=O) groups excluding carboxylic acids is 2. The van der Waals surface area contributed by atoms with E-state index in [2.05, 4.69) is 0 Å². The van der Waals surface area contributed by atoms with Gasteiger partial charge in [-0.15, -0.1) is 0 Å². The van der Waals surface area contributed by atoms with Crippen molar-refractivity contribution in [2.45, 2.75) is 12.0 Å². The molecule has 0 saturated heterocycles. The van der Waals surface area contributed by atoms with Crippen LogP contribution in [0.3, 0.4) is 0 Å². The summed E-state index contributed by atoms with van der Waals surface area (Å²) in [7, 11) is 3.02. The van der Waals surface area contributed by atoms with Gasteiger partial charge in [-0.05, 0) is 30.3 Å². The summed E-state index contributed by atoms with van der Waals surface area (Å²) in [5.41, 5.74) is -0.739. The first-order valence-electron chi connectivity index (χ1n) is 7.35. The number of ether oxygens (including phenoxy) is 1. The number of fused-ring (bicyclic) bond motifs is 1. The highest BCUT2D eigenvalue weighted by atomic mass is 35.5. The number of nitrogens with zero attached hydrogens (tertiary/aromatic N) is 1. The first-order chi connectivity index (χ1) is 11.4. The van der Waals surface area contributed by atoms with Gasteiger partial charge in [0.15, 0.2) is 11.4 Å². The molecule has 1 atom stereocenters. The van der Waals surface area contributed by atoms with Crippen molar-refractivity contribution in [2.24, 2.45) is 0 Å². The summed E-state index contributed by atoms with van der Waals surface area (Å²) in [6, 6.07) is 11.5. The Morgan fingerprint density at radius 3 is 2.71 bits per heavy atom. The fourth-order valence-corrected chi connectivity index (χ4v) is 3.18. The first kappa shape index (κ1) is 16.5. The predicted molar refractivity (Wildman–Crippen MR) is 90.7 cm³/mol. The van der Waals surface area contributed by atoms with Crippen LogP contribution in [0.5, 0.6) is 5.75 Å². The summed E-state index contributed by atoms with van der Waals surface area (Å²) in [5, 5.41) is 11.4. The number of halogens is 1. The molecular formula is C18H16ClNO4. The molecule has 24 heavy (non-hydrogen) atoms. The van der Waals surface area contributed by atoms with Crippen molar-refractivity contribution in [1.29, 1.82) is 0 Å². The maximum Gasteiger partial charge on any atom is 0.263 e. The molecule has 0 aliphatic carbocycles. The van der Waals surface area contributed by atoms with Gasteiger partial charge in [-0.1, -0.05) is 23.7 Å². The van der Waals surface area contributed by atoms with Crippen LogP contribution in [-0.2, 0) is 10.4 Å². The lowest BCUT2D eigenvalue weighted by atomic mass is 9.88. The molecule has 2 aromatic rings. The molecule has 0 spiro atoms. The zero-order valence-corrected chi connectivity index (χ0v) is 14.0. The molecule has 1 N–H and O–H groups in total. The number of benzene rings is 2. The third-order valence-electron chi connectivity index (χ3n) is 4.25. The van der Waals surface area contributed by atoms with E-state index < -0.39 is 11.5 Å². The molecule has 0 saturated carbocycles. The zero-order chi connectivity index (χ0) is 17.5. The van der Waals surface area contributed by atoms with Gasteiger partial charge in [-0.2, -0.15) is 0 Å². The van der Waals surface area contributed by atoms with Crippen LogP contribution in [0.1, 0.15) is 22.3 Å². The Balaban J connectivity index is 2.02. The van der Waals surface area contributed by atoms with Gasteiger partial charge in [0.05, 0.1) is 24.8 Å². The topological polar surface area (TPSA) is 66.8 Å². The molecule has 5 nitrogen and oxygen atoms in total. The van der Waals surface area contributed by atoms with Crippen molar-refractivity contribution in [2.75, 3.05) is 19.1 Å². The number of anilines is 1. The molecule has 1 aliphatic heterocycles. The van der Waals surface area contributed by atoms with Gasteiger partial charge in [0.25, 0.3) is 5.91 Å². The fourth-order valence-electron chi connectivity index (χ4n) is 3.01. The number of amides is 1. The van der Waals surface area contributed by atoms with Crippen LogP contribution in [-0.4, -0.2) is 31.0 Å².